The van der Waals surface area contributed by atoms with Gasteiger partial charge in [0, 0.05) is 31.4 Å². The van der Waals surface area contributed by atoms with E-state index >= 15 is 0 Å². The van der Waals surface area contributed by atoms with Crippen LogP contribution in [0.5, 0.6) is 5.75 Å². The second kappa shape index (κ2) is 7.38. The number of nitrogens with zero attached hydrogens (tertiary/aromatic N) is 3. The zero-order valence-corrected chi connectivity index (χ0v) is 14.4. The first-order valence-corrected chi connectivity index (χ1v) is 8.39. The van der Waals surface area contributed by atoms with Crippen LogP contribution in [0.2, 0.25) is 0 Å². The van der Waals surface area contributed by atoms with Gasteiger partial charge >= 0.3 is 0 Å². The highest BCUT2D eigenvalue weighted by Gasteiger charge is 2.32. The largest absolute Gasteiger partial charge is 0.497 e. The highest BCUT2D eigenvalue weighted by Crippen LogP contribution is 2.24. The summed E-state index contributed by atoms with van der Waals surface area (Å²) in [6.07, 6.45) is 2.81. The molecule has 1 N–H and O–H groups in total. The van der Waals surface area contributed by atoms with Gasteiger partial charge in [-0.1, -0.05) is 6.92 Å². The molecule has 0 unspecified atom stereocenters. The Morgan fingerprint density at radius 1 is 1.32 bits per heavy atom. The number of hydrogen-bond donors (Lipinski definition) is 1. The number of amides is 2. The standard InChI is InChI=1S/C18H22N4O3/c1-3-10-22-16(8-9-19-22)18(24)20-13-11-17(23)21(12-13)14-4-6-15(25-2)7-5-14/h4-9,13H,3,10-12H2,1-2H3,(H,20,24)/t13-/m0/s1. The fourth-order valence-electron chi connectivity index (χ4n) is 2.99. The molecule has 7 nitrogen and oxygen atoms in total. The van der Waals surface area contributed by atoms with Crippen molar-refractivity contribution < 1.29 is 14.3 Å². The zero-order chi connectivity index (χ0) is 17.8. The lowest BCUT2D eigenvalue weighted by Crippen LogP contribution is -2.38. The molecule has 1 fully saturated rings. The Hall–Kier alpha value is -2.83. The average molecular weight is 342 g/mol. The molecule has 2 amide bonds. The van der Waals surface area contributed by atoms with Crippen LogP contribution in [-0.4, -0.2) is 41.3 Å². The van der Waals surface area contributed by atoms with Gasteiger partial charge in [0.15, 0.2) is 0 Å². The molecule has 0 spiro atoms. The number of carbonyl (C=O) groups excluding carboxylic acids is 2. The first-order valence-electron chi connectivity index (χ1n) is 8.39. The topological polar surface area (TPSA) is 76.5 Å². The molecule has 1 atom stereocenters. The quantitative estimate of drug-likeness (QED) is 0.869. The predicted molar refractivity (Wildman–Crippen MR) is 93.7 cm³/mol. The highest BCUT2D eigenvalue weighted by molar-refractivity contribution is 5.98. The Morgan fingerprint density at radius 3 is 2.76 bits per heavy atom. The summed E-state index contributed by atoms with van der Waals surface area (Å²) < 4.78 is 6.82. The van der Waals surface area contributed by atoms with E-state index in [1.54, 1.807) is 29.0 Å². The lowest BCUT2D eigenvalue weighted by atomic mass is 10.2. The molecule has 0 saturated carbocycles. The van der Waals surface area contributed by atoms with Gasteiger partial charge in [-0.3, -0.25) is 14.3 Å². The smallest absolute Gasteiger partial charge is 0.269 e. The Bertz CT molecular complexity index is 754. The average Bonchev–Trinajstić information content (AvgIpc) is 3.22. The predicted octanol–water partition coefficient (Wildman–Crippen LogP) is 1.84. The summed E-state index contributed by atoms with van der Waals surface area (Å²) in [5.74, 6) is 0.544. The molecule has 0 aliphatic carbocycles. The lowest BCUT2D eigenvalue weighted by Gasteiger charge is -2.17. The molecule has 1 aliphatic heterocycles. The number of benzene rings is 1. The summed E-state index contributed by atoms with van der Waals surface area (Å²) in [5.41, 5.74) is 1.33. The van der Waals surface area contributed by atoms with Crippen molar-refractivity contribution in [3.63, 3.8) is 0 Å². The van der Waals surface area contributed by atoms with Crippen LogP contribution < -0.4 is 15.0 Å². The molecule has 1 saturated heterocycles. The SMILES string of the molecule is CCCn1nccc1C(=O)N[C@H]1CC(=O)N(c2ccc(OC)cc2)C1. The Balaban J connectivity index is 1.65. The van der Waals surface area contributed by atoms with E-state index in [4.69, 9.17) is 4.74 Å². The van der Waals surface area contributed by atoms with Gasteiger partial charge in [-0.2, -0.15) is 5.10 Å². The molecule has 0 radical (unpaired) electrons. The van der Waals surface area contributed by atoms with Crippen molar-refractivity contribution in [1.82, 2.24) is 15.1 Å². The van der Waals surface area contributed by atoms with Gasteiger partial charge in [-0.05, 0) is 36.8 Å². The molecular formula is C18H22N4O3. The molecule has 7 heteroatoms. The van der Waals surface area contributed by atoms with Gasteiger partial charge in [0.25, 0.3) is 5.91 Å². The monoisotopic (exact) mass is 342 g/mol. The van der Waals surface area contributed by atoms with Gasteiger partial charge in [0.1, 0.15) is 11.4 Å². The van der Waals surface area contributed by atoms with Crippen LogP contribution in [0.4, 0.5) is 5.69 Å². The number of hydrogen-bond acceptors (Lipinski definition) is 4. The minimum atomic E-state index is -0.216. The van der Waals surface area contributed by atoms with Crippen LogP contribution in [0.15, 0.2) is 36.5 Å². The van der Waals surface area contributed by atoms with Gasteiger partial charge in [-0.25, -0.2) is 0 Å². The molecule has 0 bridgehead atoms. The number of methoxy groups -OCH3 is 1. The first kappa shape index (κ1) is 17.0. The van der Waals surface area contributed by atoms with Crippen molar-refractivity contribution in [3.8, 4) is 5.75 Å². The minimum absolute atomic E-state index is 0.00228. The maximum absolute atomic E-state index is 12.5. The summed E-state index contributed by atoms with van der Waals surface area (Å²) in [6.45, 7) is 3.18. The van der Waals surface area contributed by atoms with E-state index in [1.165, 1.54) is 0 Å². The summed E-state index contributed by atoms with van der Waals surface area (Å²) in [4.78, 5) is 26.5. The normalized spacial score (nSPS) is 17.0. The molecule has 25 heavy (non-hydrogen) atoms. The molecule has 132 valence electrons. The van der Waals surface area contributed by atoms with Crippen molar-refractivity contribution in [1.29, 1.82) is 0 Å². The van der Waals surface area contributed by atoms with Gasteiger partial charge in [0.2, 0.25) is 5.91 Å². The first-order chi connectivity index (χ1) is 12.1. The molecule has 1 aromatic heterocycles. The molecule has 2 aromatic rings. The second-order valence-electron chi connectivity index (χ2n) is 6.02. The Morgan fingerprint density at radius 2 is 2.08 bits per heavy atom. The van der Waals surface area contributed by atoms with E-state index in [9.17, 15) is 9.59 Å². The number of aromatic nitrogens is 2. The van der Waals surface area contributed by atoms with Gasteiger partial charge in [0.05, 0.1) is 13.2 Å². The fourth-order valence-corrected chi connectivity index (χ4v) is 2.99. The number of carbonyl (C=O) groups is 2. The minimum Gasteiger partial charge on any atom is -0.497 e. The van der Waals surface area contributed by atoms with E-state index in [2.05, 4.69) is 10.4 Å². The van der Waals surface area contributed by atoms with Crippen molar-refractivity contribution in [2.24, 2.45) is 0 Å². The maximum Gasteiger partial charge on any atom is 0.269 e. The van der Waals surface area contributed by atoms with Crippen molar-refractivity contribution in [2.45, 2.75) is 32.4 Å². The number of anilines is 1. The van der Waals surface area contributed by atoms with E-state index < -0.39 is 0 Å². The van der Waals surface area contributed by atoms with E-state index in [1.807, 2.05) is 31.2 Å². The number of ether oxygens (including phenoxy) is 1. The van der Waals surface area contributed by atoms with Crippen LogP contribution in [-0.2, 0) is 11.3 Å². The third-order valence-corrected chi connectivity index (χ3v) is 4.23. The van der Waals surface area contributed by atoms with Crippen LogP contribution in [0.3, 0.4) is 0 Å². The van der Waals surface area contributed by atoms with Crippen LogP contribution in [0, 0.1) is 0 Å². The van der Waals surface area contributed by atoms with Crippen LogP contribution in [0.25, 0.3) is 0 Å². The highest BCUT2D eigenvalue weighted by atomic mass is 16.5. The lowest BCUT2D eigenvalue weighted by molar-refractivity contribution is -0.117. The summed E-state index contributed by atoms with van der Waals surface area (Å²) in [5, 5.41) is 7.11. The molecule has 1 aliphatic rings. The third-order valence-electron chi connectivity index (χ3n) is 4.23. The van der Waals surface area contributed by atoms with Gasteiger partial charge in [-0.15, -0.1) is 0 Å². The van der Waals surface area contributed by atoms with E-state index in [0.717, 1.165) is 17.9 Å². The zero-order valence-electron chi connectivity index (χ0n) is 14.4. The van der Waals surface area contributed by atoms with Crippen LogP contribution >= 0.6 is 0 Å². The molecule has 2 heterocycles. The van der Waals surface area contributed by atoms with Crippen molar-refractivity contribution in [3.05, 3.63) is 42.2 Å². The van der Waals surface area contributed by atoms with Gasteiger partial charge < -0.3 is 15.0 Å². The Labute approximate surface area is 146 Å². The fraction of sp³-hybridized carbons (Fsp3) is 0.389. The van der Waals surface area contributed by atoms with E-state index in [0.29, 0.717) is 25.2 Å². The van der Waals surface area contributed by atoms with Crippen LogP contribution in [0.1, 0.15) is 30.3 Å². The molecule has 1 aromatic carbocycles. The van der Waals surface area contributed by atoms with Crippen molar-refractivity contribution >= 4 is 17.5 Å². The summed E-state index contributed by atoms with van der Waals surface area (Å²) in [7, 11) is 1.60. The number of nitrogens with one attached hydrogen (secondary N) is 1. The van der Waals surface area contributed by atoms with Crippen molar-refractivity contribution in [2.75, 3.05) is 18.6 Å². The summed E-state index contributed by atoms with van der Waals surface area (Å²) in [6, 6.07) is 8.81. The number of aryl methyl sites for hydroxylation is 1. The Kier molecular flexibility index (Phi) is 5.02. The third kappa shape index (κ3) is 3.65. The molecule has 3 rings (SSSR count). The molecular weight excluding hydrogens is 320 g/mol. The summed E-state index contributed by atoms with van der Waals surface area (Å²) >= 11 is 0. The van der Waals surface area contributed by atoms with E-state index in [-0.39, 0.29) is 17.9 Å². The second-order valence-corrected chi connectivity index (χ2v) is 6.02. The number of rotatable bonds is 6. The maximum atomic E-state index is 12.5.